The average Bonchev–Trinajstić information content (AvgIpc) is 2.89. The molecule has 4 heteroatoms. The Kier molecular flexibility index (Phi) is 5.31. The van der Waals surface area contributed by atoms with Crippen LogP contribution in [0.1, 0.15) is 30.9 Å². The molecule has 1 aliphatic heterocycles. The summed E-state index contributed by atoms with van der Waals surface area (Å²) in [6.45, 7) is 2.59. The van der Waals surface area contributed by atoms with Crippen molar-refractivity contribution >= 4 is 0 Å². The molecule has 0 amide bonds. The number of hydrogen-bond acceptors (Lipinski definition) is 3. The molecule has 2 unspecified atom stereocenters. The molecule has 1 fully saturated rings. The molecule has 2 rings (SSSR count). The van der Waals surface area contributed by atoms with Crippen molar-refractivity contribution in [3.8, 4) is 0 Å². The first-order valence-corrected chi connectivity index (χ1v) is 6.89. The Morgan fingerprint density at radius 1 is 1.42 bits per heavy atom. The molecule has 1 N–H and O–H groups in total. The fourth-order valence-electron chi connectivity index (χ4n) is 2.42. The Balaban J connectivity index is 1.73. The summed E-state index contributed by atoms with van der Waals surface area (Å²) in [6.07, 6.45) is 2.73. The summed E-state index contributed by atoms with van der Waals surface area (Å²) >= 11 is 0. The third-order valence-electron chi connectivity index (χ3n) is 3.58. The number of aliphatic hydroxyl groups is 1. The van der Waals surface area contributed by atoms with Gasteiger partial charge in [-0.3, -0.25) is 0 Å². The minimum absolute atomic E-state index is 0.272. The first-order valence-electron chi connectivity index (χ1n) is 6.89. The summed E-state index contributed by atoms with van der Waals surface area (Å²) in [5, 5.41) is 10.0. The van der Waals surface area contributed by atoms with Gasteiger partial charge in [0.05, 0.1) is 12.2 Å². The average molecular weight is 267 g/mol. The molecular formula is C15H22FNO2. The third kappa shape index (κ3) is 4.56. The predicted octanol–water partition coefficient (Wildman–Crippen LogP) is 2.36. The fourth-order valence-corrected chi connectivity index (χ4v) is 2.42. The van der Waals surface area contributed by atoms with Gasteiger partial charge in [0.2, 0.25) is 0 Å². The van der Waals surface area contributed by atoms with E-state index >= 15 is 0 Å². The van der Waals surface area contributed by atoms with Gasteiger partial charge >= 0.3 is 0 Å². The Morgan fingerprint density at radius 2 is 2.16 bits per heavy atom. The summed E-state index contributed by atoms with van der Waals surface area (Å²) in [5.41, 5.74) is 0.770. The van der Waals surface area contributed by atoms with Crippen LogP contribution in [0.15, 0.2) is 24.3 Å². The van der Waals surface area contributed by atoms with E-state index in [4.69, 9.17) is 4.74 Å². The number of hydrogen-bond donors (Lipinski definition) is 1. The summed E-state index contributed by atoms with van der Waals surface area (Å²) in [4.78, 5) is 2.18. The maximum atomic E-state index is 12.8. The van der Waals surface area contributed by atoms with Gasteiger partial charge in [0.25, 0.3) is 0 Å². The summed E-state index contributed by atoms with van der Waals surface area (Å²) < 4.78 is 18.4. The standard InChI is InChI=1S/C15H22FNO2/c1-17(11-14-3-2-10-19-14)9-8-15(18)12-4-6-13(16)7-5-12/h4-7,14-15,18H,2-3,8-11H2,1H3. The van der Waals surface area contributed by atoms with E-state index < -0.39 is 6.10 Å². The van der Waals surface area contributed by atoms with Crippen molar-refractivity contribution in [2.75, 3.05) is 26.7 Å². The quantitative estimate of drug-likeness (QED) is 0.859. The van der Waals surface area contributed by atoms with Crippen molar-refractivity contribution in [2.24, 2.45) is 0 Å². The lowest BCUT2D eigenvalue weighted by molar-refractivity contribution is 0.0740. The van der Waals surface area contributed by atoms with Crippen molar-refractivity contribution in [3.63, 3.8) is 0 Å². The van der Waals surface area contributed by atoms with Gasteiger partial charge in [0.1, 0.15) is 5.82 Å². The van der Waals surface area contributed by atoms with E-state index in [0.29, 0.717) is 12.5 Å². The van der Waals surface area contributed by atoms with Crippen LogP contribution in [-0.2, 0) is 4.74 Å². The molecule has 0 bridgehead atoms. The smallest absolute Gasteiger partial charge is 0.123 e. The van der Waals surface area contributed by atoms with Gasteiger partial charge in [-0.2, -0.15) is 0 Å². The molecule has 1 aromatic carbocycles. The van der Waals surface area contributed by atoms with E-state index in [1.165, 1.54) is 12.1 Å². The maximum absolute atomic E-state index is 12.8. The highest BCUT2D eigenvalue weighted by Crippen LogP contribution is 2.18. The van der Waals surface area contributed by atoms with Crippen LogP contribution < -0.4 is 0 Å². The number of aliphatic hydroxyl groups excluding tert-OH is 1. The second-order valence-electron chi connectivity index (χ2n) is 5.25. The molecule has 19 heavy (non-hydrogen) atoms. The summed E-state index contributed by atoms with van der Waals surface area (Å²) in [5.74, 6) is -0.272. The molecule has 1 aromatic rings. The number of ether oxygens (including phenoxy) is 1. The Morgan fingerprint density at radius 3 is 2.79 bits per heavy atom. The molecule has 0 radical (unpaired) electrons. The molecule has 1 aliphatic rings. The number of nitrogens with zero attached hydrogens (tertiary/aromatic N) is 1. The lowest BCUT2D eigenvalue weighted by atomic mass is 10.1. The molecule has 0 saturated carbocycles. The highest BCUT2D eigenvalue weighted by Gasteiger charge is 2.17. The largest absolute Gasteiger partial charge is 0.388 e. The van der Waals surface area contributed by atoms with E-state index in [9.17, 15) is 9.50 Å². The van der Waals surface area contributed by atoms with Crippen molar-refractivity contribution in [3.05, 3.63) is 35.6 Å². The monoisotopic (exact) mass is 267 g/mol. The van der Waals surface area contributed by atoms with E-state index in [2.05, 4.69) is 4.90 Å². The number of likely N-dealkylation sites (N-methyl/N-ethyl adjacent to an activating group) is 1. The van der Waals surface area contributed by atoms with E-state index in [-0.39, 0.29) is 5.82 Å². The number of benzene rings is 1. The maximum Gasteiger partial charge on any atom is 0.123 e. The fraction of sp³-hybridized carbons (Fsp3) is 0.600. The molecule has 0 aromatic heterocycles. The molecule has 1 saturated heterocycles. The van der Waals surface area contributed by atoms with Crippen LogP contribution in [0, 0.1) is 5.82 Å². The van der Waals surface area contributed by atoms with Crippen LogP contribution in [0.4, 0.5) is 4.39 Å². The van der Waals surface area contributed by atoms with Gasteiger partial charge in [-0.05, 0) is 44.0 Å². The Labute approximate surface area is 114 Å². The zero-order valence-electron chi connectivity index (χ0n) is 11.4. The van der Waals surface area contributed by atoms with E-state index in [1.54, 1.807) is 12.1 Å². The lowest BCUT2D eigenvalue weighted by Gasteiger charge is -2.22. The molecule has 1 heterocycles. The normalized spacial score (nSPS) is 20.9. The van der Waals surface area contributed by atoms with Crippen LogP contribution >= 0.6 is 0 Å². The highest BCUT2D eigenvalue weighted by molar-refractivity contribution is 5.18. The van der Waals surface area contributed by atoms with Crippen molar-refractivity contribution < 1.29 is 14.2 Å². The summed E-state index contributed by atoms with van der Waals surface area (Å²) in [6, 6.07) is 6.05. The van der Waals surface area contributed by atoms with Gasteiger partial charge in [0.15, 0.2) is 0 Å². The van der Waals surface area contributed by atoms with Crippen molar-refractivity contribution in [1.82, 2.24) is 4.90 Å². The lowest BCUT2D eigenvalue weighted by Crippen LogP contribution is -2.30. The molecule has 3 nitrogen and oxygen atoms in total. The minimum atomic E-state index is -0.535. The predicted molar refractivity (Wildman–Crippen MR) is 72.4 cm³/mol. The Hall–Kier alpha value is -0.970. The second-order valence-corrected chi connectivity index (χ2v) is 5.25. The molecule has 0 aliphatic carbocycles. The first-order chi connectivity index (χ1) is 9.15. The van der Waals surface area contributed by atoms with Gasteiger partial charge in [0, 0.05) is 19.7 Å². The zero-order chi connectivity index (χ0) is 13.7. The van der Waals surface area contributed by atoms with Crippen molar-refractivity contribution in [1.29, 1.82) is 0 Å². The van der Waals surface area contributed by atoms with Crippen LogP contribution in [-0.4, -0.2) is 42.9 Å². The summed E-state index contributed by atoms with van der Waals surface area (Å²) in [7, 11) is 2.04. The topological polar surface area (TPSA) is 32.7 Å². The third-order valence-corrected chi connectivity index (χ3v) is 3.58. The van der Waals surface area contributed by atoms with Crippen LogP contribution in [0.5, 0.6) is 0 Å². The minimum Gasteiger partial charge on any atom is -0.388 e. The molecule has 2 atom stereocenters. The number of halogens is 1. The van der Waals surface area contributed by atoms with Gasteiger partial charge in [-0.25, -0.2) is 4.39 Å². The van der Waals surface area contributed by atoms with Crippen molar-refractivity contribution in [2.45, 2.75) is 31.5 Å². The molecular weight excluding hydrogens is 245 g/mol. The zero-order valence-corrected chi connectivity index (χ0v) is 11.4. The van der Waals surface area contributed by atoms with Gasteiger partial charge < -0.3 is 14.7 Å². The van der Waals surface area contributed by atoms with Crippen LogP contribution in [0.2, 0.25) is 0 Å². The second kappa shape index (κ2) is 6.98. The SMILES string of the molecule is CN(CCC(O)c1ccc(F)cc1)CC1CCCO1. The molecule has 0 spiro atoms. The first kappa shape index (κ1) is 14.4. The Bertz CT molecular complexity index is 376. The van der Waals surface area contributed by atoms with E-state index in [1.807, 2.05) is 7.05 Å². The number of rotatable bonds is 6. The van der Waals surface area contributed by atoms with Crippen LogP contribution in [0.25, 0.3) is 0 Å². The van der Waals surface area contributed by atoms with Gasteiger partial charge in [-0.1, -0.05) is 12.1 Å². The van der Waals surface area contributed by atoms with Gasteiger partial charge in [-0.15, -0.1) is 0 Å². The molecule has 106 valence electrons. The van der Waals surface area contributed by atoms with Crippen LogP contribution in [0.3, 0.4) is 0 Å². The van der Waals surface area contributed by atoms with E-state index in [0.717, 1.165) is 38.1 Å². The highest BCUT2D eigenvalue weighted by atomic mass is 19.1.